The number of carbonyl (C=O) groups is 2. The van der Waals surface area contributed by atoms with Crippen molar-refractivity contribution in [2.24, 2.45) is 0 Å². The average Bonchev–Trinajstić information content (AvgIpc) is 3.43. The minimum atomic E-state index is -0.615. The molecule has 2 N–H and O–H groups in total. The van der Waals surface area contributed by atoms with Gasteiger partial charge in [-0.15, -0.1) is 5.10 Å². The molecule has 1 fully saturated rings. The van der Waals surface area contributed by atoms with Crippen molar-refractivity contribution >= 4 is 35.0 Å². The second-order valence-electron chi connectivity index (χ2n) is 8.73. The van der Waals surface area contributed by atoms with Crippen LogP contribution in [0.2, 0.25) is 0 Å². The summed E-state index contributed by atoms with van der Waals surface area (Å²) in [5.41, 5.74) is 1.77. The summed E-state index contributed by atoms with van der Waals surface area (Å²) < 4.78 is 19.1. The molecule has 3 heterocycles. The van der Waals surface area contributed by atoms with Crippen molar-refractivity contribution in [2.75, 3.05) is 41.7 Å². The van der Waals surface area contributed by atoms with Crippen molar-refractivity contribution in [3.8, 4) is 0 Å². The normalized spacial score (nSPS) is 13.3. The van der Waals surface area contributed by atoms with Gasteiger partial charge in [-0.1, -0.05) is 47.6 Å². The Morgan fingerprint density at radius 3 is 2.42 bits per heavy atom. The van der Waals surface area contributed by atoms with Gasteiger partial charge in [-0.3, -0.25) is 9.59 Å². The number of benzene rings is 2. The number of aryl methyl sites for hydroxylation is 1. The van der Waals surface area contributed by atoms with Crippen LogP contribution in [0.15, 0.2) is 77.3 Å². The molecular formula is C27H26FN7O3. The molecule has 5 rings (SSSR count). The highest BCUT2D eigenvalue weighted by atomic mass is 19.1. The number of para-hydroxylation sites is 1. The third kappa shape index (κ3) is 6.12. The number of amides is 2. The Hall–Kier alpha value is -4.80. The summed E-state index contributed by atoms with van der Waals surface area (Å²) in [6, 6.07) is 19.4. The minimum absolute atomic E-state index is 0.105. The number of hydrogen-bond acceptors (Lipinski definition) is 8. The lowest BCUT2D eigenvalue weighted by molar-refractivity contribution is -0.131. The van der Waals surface area contributed by atoms with Gasteiger partial charge in [0, 0.05) is 32.6 Å². The SMILES string of the molecule is O=C(Nc1ccc(N2CCN(C(=O)CCc3ccccc3)CC2)nc1)c1nnc(Nc2ccccc2F)o1. The highest BCUT2D eigenvalue weighted by molar-refractivity contribution is 6.00. The van der Waals surface area contributed by atoms with Gasteiger partial charge in [-0.25, -0.2) is 9.37 Å². The number of hydrogen-bond donors (Lipinski definition) is 2. The molecule has 38 heavy (non-hydrogen) atoms. The lowest BCUT2D eigenvalue weighted by Gasteiger charge is -2.35. The van der Waals surface area contributed by atoms with E-state index in [1.165, 1.54) is 12.1 Å². The molecular weight excluding hydrogens is 489 g/mol. The topological polar surface area (TPSA) is 116 Å². The maximum Gasteiger partial charge on any atom is 0.320 e. The molecule has 2 aromatic heterocycles. The van der Waals surface area contributed by atoms with E-state index in [1.807, 2.05) is 41.3 Å². The van der Waals surface area contributed by atoms with Gasteiger partial charge in [0.2, 0.25) is 5.91 Å². The second-order valence-corrected chi connectivity index (χ2v) is 8.73. The zero-order valence-corrected chi connectivity index (χ0v) is 20.5. The molecule has 0 saturated carbocycles. The lowest BCUT2D eigenvalue weighted by Crippen LogP contribution is -2.49. The molecule has 4 aromatic rings. The molecule has 194 valence electrons. The highest BCUT2D eigenvalue weighted by Gasteiger charge is 2.22. The smallest absolute Gasteiger partial charge is 0.320 e. The number of rotatable bonds is 8. The number of nitrogens with one attached hydrogen (secondary N) is 2. The number of aromatic nitrogens is 3. The Balaban J connectivity index is 1.10. The first kappa shape index (κ1) is 24.9. The number of piperazine rings is 1. The highest BCUT2D eigenvalue weighted by Crippen LogP contribution is 2.20. The van der Waals surface area contributed by atoms with Crippen LogP contribution in [0.1, 0.15) is 22.7 Å². The van der Waals surface area contributed by atoms with Gasteiger partial charge in [0.15, 0.2) is 0 Å². The van der Waals surface area contributed by atoms with Crippen LogP contribution in [0.4, 0.5) is 27.6 Å². The van der Waals surface area contributed by atoms with E-state index in [1.54, 1.807) is 24.4 Å². The Kier molecular flexibility index (Phi) is 7.53. The molecule has 0 bridgehead atoms. The largest absolute Gasteiger partial charge is 0.399 e. The summed E-state index contributed by atoms with van der Waals surface area (Å²) >= 11 is 0. The average molecular weight is 516 g/mol. The van der Waals surface area contributed by atoms with Gasteiger partial charge < -0.3 is 24.9 Å². The van der Waals surface area contributed by atoms with E-state index < -0.39 is 11.7 Å². The fourth-order valence-corrected chi connectivity index (χ4v) is 4.11. The first-order valence-electron chi connectivity index (χ1n) is 12.2. The van der Waals surface area contributed by atoms with Crippen molar-refractivity contribution in [3.63, 3.8) is 0 Å². The van der Waals surface area contributed by atoms with Crippen LogP contribution < -0.4 is 15.5 Å². The molecule has 10 nitrogen and oxygen atoms in total. The third-order valence-electron chi connectivity index (χ3n) is 6.17. The maximum absolute atomic E-state index is 13.8. The van der Waals surface area contributed by atoms with Crippen molar-refractivity contribution in [1.29, 1.82) is 0 Å². The number of pyridine rings is 1. The molecule has 0 radical (unpaired) electrons. The van der Waals surface area contributed by atoms with Crippen molar-refractivity contribution < 1.29 is 18.4 Å². The zero-order chi connectivity index (χ0) is 26.3. The van der Waals surface area contributed by atoms with E-state index in [9.17, 15) is 14.0 Å². The van der Waals surface area contributed by atoms with Crippen LogP contribution in [-0.4, -0.2) is 58.1 Å². The standard InChI is InChI=1S/C27H26FN7O3/c28-21-8-4-5-9-22(21)31-27-33-32-26(38-27)25(37)30-20-11-12-23(29-18-20)34-14-16-35(17-15-34)24(36)13-10-19-6-2-1-3-7-19/h1-9,11-12,18H,10,13-17H2,(H,30,37)(H,31,33). The molecule has 1 aliphatic rings. The number of nitrogens with zero attached hydrogens (tertiary/aromatic N) is 5. The lowest BCUT2D eigenvalue weighted by atomic mass is 10.1. The Morgan fingerprint density at radius 1 is 0.921 bits per heavy atom. The van der Waals surface area contributed by atoms with Gasteiger partial charge in [0.1, 0.15) is 11.6 Å². The van der Waals surface area contributed by atoms with Gasteiger partial charge in [-0.05, 0) is 36.2 Å². The fraction of sp³-hybridized carbons (Fsp3) is 0.222. The zero-order valence-electron chi connectivity index (χ0n) is 20.5. The molecule has 0 aliphatic carbocycles. The summed E-state index contributed by atoms with van der Waals surface area (Å²) in [5.74, 6) is -0.461. The van der Waals surface area contributed by atoms with Gasteiger partial charge >= 0.3 is 17.8 Å². The monoisotopic (exact) mass is 515 g/mol. The van der Waals surface area contributed by atoms with Crippen molar-refractivity contribution in [1.82, 2.24) is 20.1 Å². The van der Waals surface area contributed by atoms with E-state index >= 15 is 0 Å². The summed E-state index contributed by atoms with van der Waals surface area (Å²) in [6.45, 7) is 2.62. The van der Waals surface area contributed by atoms with E-state index in [0.717, 1.165) is 17.8 Å². The molecule has 0 atom stereocenters. The maximum atomic E-state index is 13.8. The van der Waals surface area contributed by atoms with E-state index in [-0.39, 0.29) is 23.5 Å². The van der Waals surface area contributed by atoms with E-state index in [4.69, 9.17) is 4.42 Å². The Bertz CT molecular complexity index is 1390. The quantitative estimate of drug-likeness (QED) is 0.363. The van der Waals surface area contributed by atoms with Crippen LogP contribution in [-0.2, 0) is 11.2 Å². The molecule has 2 aromatic carbocycles. The molecule has 0 unspecified atom stereocenters. The van der Waals surface area contributed by atoms with E-state index in [0.29, 0.717) is 38.3 Å². The van der Waals surface area contributed by atoms with Crippen LogP contribution >= 0.6 is 0 Å². The van der Waals surface area contributed by atoms with Crippen LogP contribution in [0.3, 0.4) is 0 Å². The first-order chi connectivity index (χ1) is 18.5. The number of carbonyl (C=O) groups excluding carboxylic acids is 2. The van der Waals surface area contributed by atoms with Crippen molar-refractivity contribution in [2.45, 2.75) is 12.8 Å². The molecule has 1 saturated heterocycles. The van der Waals surface area contributed by atoms with Gasteiger partial charge in [0.25, 0.3) is 0 Å². The van der Waals surface area contributed by atoms with Crippen LogP contribution in [0.5, 0.6) is 0 Å². The molecule has 11 heteroatoms. The summed E-state index contributed by atoms with van der Waals surface area (Å²) in [4.78, 5) is 33.5. The molecule has 1 aliphatic heterocycles. The van der Waals surface area contributed by atoms with E-state index in [2.05, 4.69) is 30.7 Å². The summed E-state index contributed by atoms with van der Waals surface area (Å²) in [6.07, 6.45) is 2.78. The fourth-order valence-electron chi connectivity index (χ4n) is 4.11. The number of halogens is 1. The minimum Gasteiger partial charge on any atom is -0.399 e. The first-order valence-corrected chi connectivity index (χ1v) is 12.2. The van der Waals surface area contributed by atoms with Crippen LogP contribution in [0, 0.1) is 5.82 Å². The molecule has 0 spiro atoms. The summed E-state index contributed by atoms with van der Waals surface area (Å²) in [7, 11) is 0. The summed E-state index contributed by atoms with van der Waals surface area (Å²) in [5, 5.41) is 12.7. The molecule has 2 amide bonds. The predicted molar refractivity (Wildman–Crippen MR) is 140 cm³/mol. The predicted octanol–water partition coefficient (Wildman–Crippen LogP) is 3.88. The van der Waals surface area contributed by atoms with Gasteiger partial charge in [0.05, 0.1) is 17.6 Å². The Morgan fingerprint density at radius 2 is 1.68 bits per heavy atom. The second kappa shape index (κ2) is 11.5. The van der Waals surface area contributed by atoms with Crippen LogP contribution in [0.25, 0.3) is 0 Å². The third-order valence-corrected chi connectivity index (χ3v) is 6.17. The number of anilines is 4. The Labute approximate surface area is 218 Å². The van der Waals surface area contributed by atoms with Crippen molar-refractivity contribution in [3.05, 3.63) is 90.2 Å². The van der Waals surface area contributed by atoms with Gasteiger partial charge in [-0.2, -0.15) is 0 Å².